The first kappa shape index (κ1) is 33.1. The van der Waals surface area contributed by atoms with Gasteiger partial charge < -0.3 is 4.90 Å². The largest absolute Gasteiger partial charge is 0.309 e. The number of allylic oxidation sites excluding steroid dienone is 5. The van der Waals surface area contributed by atoms with Crippen molar-refractivity contribution < 1.29 is 0 Å². The molecule has 0 bridgehead atoms. The van der Waals surface area contributed by atoms with E-state index in [9.17, 15) is 0 Å². The van der Waals surface area contributed by atoms with Crippen molar-refractivity contribution in [2.75, 3.05) is 4.90 Å². The van der Waals surface area contributed by atoms with Crippen LogP contribution in [-0.4, -0.2) is 4.98 Å². The minimum absolute atomic E-state index is 0.947. The van der Waals surface area contributed by atoms with Gasteiger partial charge in [0.15, 0.2) is 0 Å². The maximum Gasteiger partial charge on any atom is 0.0703 e. The lowest BCUT2D eigenvalue weighted by Gasteiger charge is -2.26. The van der Waals surface area contributed by atoms with Crippen molar-refractivity contribution >= 4 is 50.6 Å². The van der Waals surface area contributed by atoms with Gasteiger partial charge in [-0.05, 0) is 144 Å². The highest BCUT2D eigenvalue weighted by Crippen LogP contribution is 2.49. The molecule has 8 aromatic rings. The summed E-state index contributed by atoms with van der Waals surface area (Å²) in [5, 5.41) is 5.06. The van der Waals surface area contributed by atoms with Gasteiger partial charge in [0.25, 0.3) is 0 Å². The number of para-hydroxylation sites is 1. The molecule has 0 radical (unpaired) electrons. The zero-order chi connectivity index (χ0) is 37.9. The van der Waals surface area contributed by atoms with Gasteiger partial charge in [0.1, 0.15) is 0 Å². The van der Waals surface area contributed by atoms with E-state index in [1.807, 2.05) is 18.3 Å². The highest BCUT2D eigenvalue weighted by Gasteiger charge is 2.26. The van der Waals surface area contributed by atoms with Gasteiger partial charge >= 0.3 is 0 Å². The van der Waals surface area contributed by atoms with Gasteiger partial charge in [-0.3, -0.25) is 4.98 Å². The van der Waals surface area contributed by atoms with Crippen molar-refractivity contribution in [3.8, 4) is 33.5 Å². The Bertz CT molecular complexity index is 3110. The van der Waals surface area contributed by atoms with Crippen LogP contribution in [0.15, 0.2) is 195 Å². The van der Waals surface area contributed by atoms with Crippen molar-refractivity contribution in [2.45, 2.75) is 12.8 Å². The number of fused-ring (bicyclic) bond motifs is 5. The van der Waals surface area contributed by atoms with Crippen LogP contribution in [0.3, 0.4) is 0 Å². The molecule has 7 aromatic carbocycles. The Morgan fingerprint density at radius 2 is 1.32 bits per heavy atom. The molecule has 0 aliphatic heterocycles. The van der Waals surface area contributed by atoms with E-state index >= 15 is 0 Å². The average molecular weight is 727 g/mol. The van der Waals surface area contributed by atoms with E-state index < -0.39 is 0 Å². The van der Waals surface area contributed by atoms with E-state index in [1.165, 1.54) is 76.9 Å². The summed E-state index contributed by atoms with van der Waals surface area (Å²) in [6.07, 6.45) is 13.2. The van der Waals surface area contributed by atoms with E-state index in [2.05, 4.69) is 187 Å². The van der Waals surface area contributed by atoms with Crippen LogP contribution in [0.5, 0.6) is 0 Å². The van der Waals surface area contributed by atoms with Crippen LogP contribution < -0.4 is 15.3 Å². The summed E-state index contributed by atoms with van der Waals surface area (Å²) in [5.74, 6) is 0. The van der Waals surface area contributed by atoms with Crippen LogP contribution in [0, 0.1) is 0 Å². The van der Waals surface area contributed by atoms with Gasteiger partial charge in [0, 0.05) is 16.9 Å². The zero-order valence-electron chi connectivity index (χ0n) is 31.5. The lowest BCUT2D eigenvalue weighted by molar-refractivity contribution is 1.06. The molecule has 3 aliphatic carbocycles. The molecule has 268 valence electrons. The maximum atomic E-state index is 5.00. The number of anilines is 3. The van der Waals surface area contributed by atoms with Crippen molar-refractivity contribution in [3.63, 3.8) is 0 Å². The quantitative estimate of drug-likeness (QED) is 0.163. The second kappa shape index (κ2) is 13.5. The summed E-state index contributed by atoms with van der Waals surface area (Å²) in [4.78, 5) is 7.33. The molecule has 0 spiro atoms. The Hall–Kier alpha value is -7.29. The van der Waals surface area contributed by atoms with E-state index in [1.54, 1.807) is 0 Å². The van der Waals surface area contributed by atoms with E-state index in [-0.39, 0.29) is 0 Å². The van der Waals surface area contributed by atoms with Crippen LogP contribution >= 0.6 is 0 Å². The van der Waals surface area contributed by atoms with Crippen LogP contribution in [-0.2, 0) is 0 Å². The molecule has 57 heavy (non-hydrogen) atoms. The number of aromatic nitrogens is 1. The van der Waals surface area contributed by atoms with Gasteiger partial charge in [-0.1, -0.05) is 146 Å². The summed E-state index contributed by atoms with van der Waals surface area (Å²) >= 11 is 0. The molecule has 11 rings (SSSR count). The molecule has 2 nitrogen and oxygen atoms in total. The van der Waals surface area contributed by atoms with Crippen LogP contribution in [0.25, 0.3) is 67.1 Å². The molecule has 0 fully saturated rings. The molecule has 3 aliphatic rings. The third-order valence-electron chi connectivity index (χ3n) is 11.8. The normalized spacial score (nSPS) is 13.8. The monoisotopic (exact) mass is 726 g/mol. The SMILES string of the molecule is C=CC1=c2c(ccc/c2=C\c2cc(-c3ccc4c5c(cccc35)C3=C4C=CCC3)cc(N(c3ccccc3)c3ccc(-c4ccccc4)nc3)c2)-c2ccccc21. The molecule has 0 atom stereocenters. The van der Waals surface area contributed by atoms with Gasteiger partial charge in [-0.25, -0.2) is 0 Å². The first-order valence-electron chi connectivity index (χ1n) is 19.8. The molecule has 1 heterocycles. The second-order valence-corrected chi connectivity index (χ2v) is 15.1. The Labute approximate surface area is 333 Å². The number of pyridine rings is 1. The first-order chi connectivity index (χ1) is 28.2. The Morgan fingerprint density at radius 1 is 0.561 bits per heavy atom. The number of hydrogen-bond donors (Lipinski definition) is 0. The van der Waals surface area contributed by atoms with Crippen LogP contribution in [0.1, 0.15) is 35.1 Å². The number of hydrogen-bond acceptors (Lipinski definition) is 2. The highest BCUT2D eigenvalue weighted by molar-refractivity contribution is 6.19. The van der Waals surface area contributed by atoms with Crippen LogP contribution in [0.4, 0.5) is 17.1 Å². The summed E-state index contributed by atoms with van der Waals surface area (Å²) < 4.78 is 0. The lowest BCUT2D eigenvalue weighted by atomic mass is 9.92. The number of nitrogens with zero attached hydrogens (tertiary/aromatic N) is 2. The average Bonchev–Trinajstić information content (AvgIpc) is 3.79. The summed E-state index contributed by atoms with van der Waals surface area (Å²) in [6, 6.07) is 59.3. The van der Waals surface area contributed by atoms with Crippen LogP contribution in [0.2, 0.25) is 0 Å². The molecule has 0 saturated carbocycles. The predicted molar refractivity (Wildman–Crippen MR) is 240 cm³/mol. The van der Waals surface area contributed by atoms with E-state index in [0.717, 1.165) is 46.7 Å². The topological polar surface area (TPSA) is 16.1 Å². The fraction of sp³-hybridized carbons (Fsp3) is 0.0364. The fourth-order valence-electron chi connectivity index (χ4n) is 9.35. The third-order valence-corrected chi connectivity index (χ3v) is 11.8. The standard InChI is InChI=1S/C55H38N2/c1-2-43-45-20-9-10-21-46(45)50-24-13-17-38(54(43)50)31-36-32-39(44-28-29-52-48-23-12-11-22-47(48)51-26-14-25-49(44)55(51)52)34-42(33-36)57(40-18-7-4-8-19-40)41-27-30-53(56-35-41)37-15-5-3-6-16-37/h2-10,12-21,23-35H,1,11,22H2/b38-31+. The minimum atomic E-state index is 0.947. The molecule has 0 N–H and O–H groups in total. The summed E-state index contributed by atoms with van der Waals surface area (Å²) in [7, 11) is 0. The smallest absolute Gasteiger partial charge is 0.0703 e. The van der Waals surface area contributed by atoms with Crippen molar-refractivity contribution in [2.24, 2.45) is 0 Å². The van der Waals surface area contributed by atoms with Crippen molar-refractivity contribution in [1.82, 2.24) is 4.98 Å². The molecule has 1 aromatic heterocycles. The molecule has 2 heteroatoms. The second-order valence-electron chi connectivity index (χ2n) is 15.1. The van der Waals surface area contributed by atoms with Crippen molar-refractivity contribution in [1.29, 1.82) is 0 Å². The van der Waals surface area contributed by atoms with E-state index in [4.69, 9.17) is 4.98 Å². The number of benzene rings is 7. The lowest BCUT2D eigenvalue weighted by Crippen LogP contribution is -2.26. The molecule has 0 saturated heterocycles. The fourth-order valence-corrected chi connectivity index (χ4v) is 9.35. The van der Waals surface area contributed by atoms with Crippen molar-refractivity contribution in [3.05, 3.63) is 227 Å². The predicted octanol–water partition coefficient (Wildman–Crippen LogP) is 12.8. The number of rotatable bonds is 7. The Morgan fingerprint density at radius 3 is 2.14 bits per heavy atom. The van der Waals surface area contributed by atoms with E-state index in [0.29, 0.717) is 0 Å². The zero-order valence-corrected chi connectivity index (χ0v) is 31.5. The van der Waals surface area contributed by atoms with Gasteiger partial charge in [-0.2, -0.15) is 0 Å². The van der Waals surface area contributed by atoms with Gasteiger partial charge in [0.05, 0.1) is 17.6 Å². The highest BCUT2D eigenvalue weighted by atomic mass is 15.1. The first-order valence-corrected chi connectivity index (χ1v) is 19.8. The molecular weight excluding hydrogens is 689 g/mol. The van der Waals surface area contributed by atoms with Gasteiger partial charge in [0.2, 0.25) is 0 Å². The molecule has 0 unspecified atom stereocenters. The molecule has 0 amide bonds. The summed E-state index contributed by atoms with van der Waals surface area (Å²) in [5.41, 5.74) is 19.2. The van der Waals surface area contributed by atoms with Gasteiger partial charge in [-0.15, -0.1) is 0 Å². The Kier molecular flexibility index (Phi) is 7.82. The summed E-state index contributed by atoms with van der Waals surface area (Å²) in [6.45, 7) is 4.28. The third kappa shape index (κ3) is 5.44. The minimum Gasteiger partial charge on any atom is -0.309 e. The molecular formula is C55H38N2. The maximum absolute atomic E-state index is 5.00. The Balaban J connectivity index is 1.16.